The summed E-state index contributed by atoms with van der Waals surface area (Å²) < 4.78 is 37.8. The van der Waals surface area contributed by atoms with Crippen molar-refractivity contribution in [2.75, 3.05) is 6.54 Å². The number of benzene rings is 1. The van der Waals surface area contributed by atoms with Crippen molar-refractivity contribution in [3.63, 3.8) is 0 Å². The van der Waals surface area contributed by atoms with Crippen LogP contribution < -0.4 is 5.73 Å². The summed E-state index contributed by atoms with van der Waals surface area (Å²) >= 11 is 0. The third-order valence-corrected chi connectivity index (χ3v) is 4.68. The SMILES string of the molecule is CC(Cc1ccc(C(F)(F)F)cc1)C(=O)N1CCCCC1C(C)N. The number of piperidine rings is 1. The Kier molecular flexibility index (Phi) is 5.91. The molecule has 0 radical (unpaired) electrons. The Bertz CT molecular complexity index is 554. The molecular formula is C18H25F3N2O. The van der Waals surface area contributed by atoms with Gasteiger partial charge in [-0.3, -0.25) is 4.79 Å². The van der Waals surface area contributed by atoms with Crippen LogP contribution in [0, 0.1) is 5.92 Å². The fourth-order valence-electron chi connectivity index (χ4n) is 3.33. The van der Waals surface area contributed by atoms with E-state index in [9.17, 15) is 18.0 Å². The third-order valence-electron chi connectivity index (χ3n) is 4.68. The summed E-state index contributed by atoms with van der Waals surface area (Å²) in [7, 11) is 0. The lowest BCUT2D eigenvalue weighted by Gasteiger charge is -2.39. The number of amides is 1. The van der Waals surface area contributed by atoms with Crippen LogP contribution >= 0.6 is 0 Å². The van der Waals surface area contributed by atoms with E-state index in [0.717, 1.165) is 37.0 Å². The van der Waals surface area contributed by atoms with Gasteiger partial charge in [0.2, 0.25) is 5.91 Å². The van der Waals surface area contributed by atoms with Crippen molar-refractivity contribution < 1.29 is 18.0 Å². The number of alkyl halides is 3. The molecule has 1 aromatic carbocycles. The molecule has 1 aromatic rings. The van der Waals surface area contributed by atoms with Crippen LogP contribution in [0.25, 0.3) is 0 Å². The zero-order valence-corrected chi connectivity index (χ0v) is 14.1. The zero-order chi connectivity index (χ0) is 17.9. The average Bonchev–Trinajstić information content (AvgIpc) is 2.53. The predicted octanol–water partition coefficient (Wildman–Crippen LogP) is 3.61. The lowest BCUT2D eigenvalue weighted by atomic mass is 9.93. The van der Waals surface area contributed by atoms with Gasteiger partial charge >= 0.3 is 6.18 Å². The normalized spacial score (nSPS) is 21.4. The molecule has 1 amide bonds. The topological polar surface area (TPSA) is 46.3 Å². The van der Waals surface area contributed by atoms with E-state index in [1.165, 1.54) is 12.1 Å². The number of rotatable bonds is 4. The summed E-state index contributed by atoms with van der Waals surface area (Å²) in [6, 6.07) is 5.02. The molecule has 24 heavy (non-hydrogen) atoms. The van der Waals surface area contributed by atoms with Crippen LogP contribution in [0.3, 0.4) is 0 Å². The van der Waals surface area contributed by atoms with Crippen LogP contribution in [0.1, 0.15) is 44.2 Å². The molecule has 1 heterocycles. The summed E-state index contributed by atoms with van der Waals surface area (Å²) in [5.74, 6) is -0.238. The first-order chi connectivity index (χ1) is 11.2. The van der Waals surface area contributed by atoms with Gasteiger partial charge in [0.15, 0.2) is 0 Å². The van der Waals surface area contributed by atoms with Crippen molar-refractivity contribution in [3.8, 4) is 0 Å². The highest BCUT2D eigenvalue weighted by Crippen LogP contribution is 2.29. The molecule has 3 unspecified atom stereocenters. The molecule has 2 rings (SSSR count). The van der Waals surface area contributed by atoms with Crippen LogP contribution in [0.2, 0.25) is 0 Å². The Labute approximate surface area is 141 Å². The molecule has 1 aliphatic rings. The fraction of sp³-hybridized carbons (Fsp3) is 0.611. The van der Waals surface area contributed by atoms with E-state index >= 15 is 0 Å². The van der Waals surface area contributed by atoms with Crippen molar-refractivity contribution in [3.05, 3.63) is 35.4 Å². The molecule has 1 saturated heterocycles. The number of hydrogen-bond acceptors (Lipinski definition) is 2. The largest absolute Gasteiger partial charge is 0.416 e. The highest BCUT2D eigenvalue weighted by Gasteiger charge is 2.32. The van der Waals surface area contributed by atoms with Crippen molar-refractivity contribution in [2.45, 2.75) is 57.8 Å². The minimum absolute atomic E-state index is 0.0388. The van der Waals surface area contributed by atoms with Gasteiger partial charge in [0, 0.05) is 24.5 Å². The van der Waals surface area contributed by atoms with Gasteiger partial charge in [0.05, 0.1) is 5.56 Å². The van der Waals surface area contributed by atoms with Crippen molar-refractivity contribution >= 4 is 5.91 Å². The van der Waals surface area contributed by atoms with Crippen LogP contribution in [0.15, 0.2) is 24.3 Å². The van der Waals surface area contributed by atoms with Gasteiger partial charge in [-0.25, -0.2) is 0 Å². The van der Waals surface area contributed by atoms with Gasteiger partial charge in [-0.05, 0) is 50.3 Å². The monoisotopic (exact) mass is 342 g/mol. The molecule has 3 nitrogen and oxygen atoms in total. The molecule has 1 aliphatic heterocycles. The maximum atomic E-state index is 12.7. The molecule has 1 fully saturated rings. The van der Waals surface area contributed by atoms with Crippen LogP contribution in [-0.2, 0) is 17.4 Å². The van der Waals surface area contributed by atoms with E-state index < -0.39 is 11.7 Å². The Balaban J connectivity index is 2.03. The number of likely N-dealkylation sites (tertiary alicyclic amines) is 1. The first-order valence-corrected chi connectivity index (χ1v) is 8.42. The summed E-state index contributed by atoms with van der Waals surface area (Å²) in [4.78, 5) is 14.6. The minimum atomic E-state index is -4.34. The lowest BCUT2D eigenvalue weighted by Crippen LogP contribution is -2.53. The highest BCUT2D eigenvalue weighted by atomic mass is 19.4. The number of nitrogens with two attached hydrogens (primary N) is 1. The van der Waals surface area contributed by atoms with Gasteiger partial charge in [0.1, 0.15) is 0 Å². The second kappa shape index (κ2) is 7.55. The molecule has 0 aromatic heterocycles. The number of halogens is 3. The molecule has 134 valence electrons. The first-order valence-electron chi connectivity index (χ1n) is 8.42. The summed E-state index contributed by atoms with van der Waals surface area (Å²) in [6.07, 6.45) is -0.945. The Hall–Kier alpha value is -1.56. The standard InChI is InChI=1S/C18H25F3N2O/c1-12(11-14-6-8-15(9-7-14)18(19,20)21)17(24)23-10-4-3-5-16(23)13(2)22/h6-9,12-13,16H,3-5,10-11,22H2,1-2H3. The lowest BCUT2D eigenvalue weighted by molar-refractivity contribution is -0.139. The van der Waals surface area contributed by atoms with Crippen molar-refractivity contribution in [2.24, 2.45) is 11.7 Å². The second-order valence-corrected chi connectivity index (χ2v) is 6.75. The van der Waals surface area contributed by atoms with Gasteiger partial charge in [-0.2, -0.15) is 13.2 Å². The van der Waals surface area contributed by atoms with E-state index in [2.05, 4.69) is 0 Å². The maximum absolute atomic E-state index is 12.7. The van der Waals surface area contributed by atoms with E-state index in [-0.39, 0.29) is 23.9 Å². The fourth-order valence-corrected chi connectivity index (χ4v) is 3.33. The average molecular weight is 342 g/mol. The second-order valence-electron chi connectivity index (χ2n) is 6.75. The van der Waals surface area contributed by atoms with E-state index in [0.29, 0.717) is 13.0 Å². The summed E-state index contributed by atoms with van der Waals surface area (Å²) in [5, 5.41) is 0. The van der Waals surface area contributed by atoms with E-state index in [4.69, 9.17) is 5.73 Å². The highest BCUT2D eigenvalue weighted by molar-refractivity contribution is 5.79. The Morgan fingerprint density at radius 2 is 1.88 bits per heavy atom. The molecule has 0 saturated carbocycles. The van der Waals surface area contributed by atoms with Crippen molar-refractivity contribution in [1.29, 1.82) is 0 Å². The van der Waals surface area contributed by atoms with Gasteiger partial charge < -0.3 is 10.6 Å². The van der Waals surface area contributed by atoms with Gasteiger partial charge in [-0.15, -0.1) is 0 Å². The van der Waals surface area contributed by atoms with E-state index in [1.807, 2.05) is 18.7 Å². The van der Waals surface area contributed by atoms with Crippen LogP contribution in [-0.4, -0.2) is 29.4 Å². The Morgan fingerprint density at radius 1 is 1.25 bits per heavy atom. The number of carbonyl (C=O) groups excluding carboxylic acids is 1. The third kappa shape index (κ3) is 4.50. The first kappa shape index (κ1) is 18.8. The van der Waals surface area contributed by atoms with Crippen LogP contribution in [0.5, 0.6) is 0 Å². The molecule has 6 heteroatoms. The minimum Gasteiger partial charge on any atom is -0.338 e. The number of carbonyl (C=O) groups is 1. The molecule has 2 N–H and O–H groups in total. The molecule has 3 atom stereocenters. The quantitative estimate of drug-likeness (QED) is 0.908. The van der Waals surface area contributed by atoms with Gasteiger partial charge in [-0.1, -0.05) is 19.1 Å². The molecule has 0 spiro atoms. The zero-order valence-electron chi connectivity index (χ0n) is 14.1. The maximum Gasteiger partial charge on any atom is 0.416 e. The summed E-state index contributed by atoms with van der Waals surface area (Å²) in [5.41, 5.74) is 6.07. The number of hydrogen-bond donors (Lipinski definition) is 1. The van der Waals surface area contributed by atoms with Crippen LogP contribution in [0.4, 0.5) is 13.2 Å². The van der Waals surface area contributed by atoms with E-state index in [1.54, 1.807) is 0 Å². The predicted molar refractivity (Wildman–Crippen MR) is 87.3 cm³/mol. The molecular weight excluding hydrogens is 317 g/mol. The summed E-state index contributed by atoms with van der Waals surface area (Å²) in [6.45, 7) is 4.45. The van der Waals surface area contributed by atoms with Crippen molar-refractivity contribution in [1.82, 2.24) is 4.90 Å². The molecule has 0 aliphatic carbocycles. The van der Waals surface area contributed by atoms with Gasteiger partial charge in [0.25, 0.3) is 0 Å². The molecule has 0 bridgehead atoms. The smallest absolute Gasteiger partial charge is 0.338 e. The number of nitrogens with zero attached hydrogens (tertiary/aromatic N) is 1. The Morgan fingerprint density at radius 3 is 2.42 bits per heavy atom.